The Morgan fingerprint density at radius 2 is 1.81 bits per heavy atom. The van der Waals surface area contributed by atoms with Crippen LogP contribution in [0.4, 0.5) is 5.69 Å². The van der Waals surface area contributed by atoms with Crippen molar-refractivity contribution in [2.24, 2.45) is 0 Å². The number of carbonyl (C=O) groups excluding carboxylic acids is 4. The average molecular weight is 447 g/mol. The van der Waals surface area contributed by atoms with Gasteiger partial charge in [0, 0.05) is 37.8 Å². The largest absolute Gasteiger partial charge is 0.457 e. The van der Waals surface area contributed by atoms with E-state index < -0.39 is 35.7 Å². The minimum atomic E-state index is -1.53. The van der Waals surface area contributed by atoms with E-state index in [1.54, 1.807) is 43.9 Å². The SMILES string of the molecule is CC(=O)O[C@@H](C(=O)OC(C)(C)C)C1OCCN(c2cc(C)cc(C(=O)N3CCC3)c2)C1=O. The van der Waals surface area contributed by atoms with E-state index in [0.717, 1.165) is 32.0 Å². The lowest BCUT2D eigenvalue weighted by atomic mass is 10.0. The number of carbonyl (C=O) groups is 4. The second-order valence-corrected chi connectivity index (χ2v) is 9.05. The number of likely N-dealkylation sites (tertiary alicyclic amines) is 1. The molecule has 0 radical (unpaired) electrons. The summed E-state index contributed by atoms with van der Waals surface area (Å²) in [7, 11) is 0. The number of anilines is 1. The van der Waals surface area contributed by atoms with Gasteiger partial charge < -0.3 is 24.0 Å². The van der Waals surface area contributed by atoms with Crippen molar-refractivity contribution in [2.45, 2.75) is 58.8 Å². The third-order valence-electron chi connectivity index (χ3n) is 5.09. The normalized spacial score (nSPS) is 19.8. The van der Waals surface area contributed by atoms with Crippen LogP contribution in [0.5, 0.6) is 0 Å². The van der Waals surface area contributed by atoms with Crippen molar-refractivity contribution in [1.29, 1.82) is 0 Å². The van der Waals surface area contributed by atoms with Crippen molar-refractivity contribution in [2.75, 3.05) is 31.1 Å². The zero-order chi connectivity index (χ0) is 23.6. The summed E-state index contributed by atoms with van der Waals surface area (Å²) in [5.74, 6) is -2.20. The van der Waals surface area contributed by atoms with E-state index in [0.29, 0.717) is 11.3 Å². The monoisotopic (exact) mass is 446 g/mol. The van der Waals surface area contributed by atoms with Crippen LogP contribution in [0.2, 0.25) is 0 Å². The topological polar surface area (TPSA) is 102 Å². The van der Waals surface area contributed by atoms with Crippen molar-refractivity contribution < 1.29 is 33.4 Å². The molecule has 0 N–H and O–H groups in total. The molecule has 2 aliphatic rings. The molecule has 3 rings (SSSR count). The lowest BCUT2D eigenvalue weighted by molar-refractivity contribution is -0.188. The van der Waals surface area contributed by atoms with Gasteiger partial charge in [-0.25, -0.2) is 4.79 Å². The summed E-state index contributed by atoms with van der Waals surface area (Å²) < 4.78 is 16.1. The van der Waals surface area contributed by atoms with Crippen molar-refractivity contribution in [3.05, 3.63) is 29.3 Å². The van der Waals surface area contributed by atoms with Crippen LogP contribution < -0.4 is 4.90 Å². The highest BCUT2D eigenvalue weighted by atomic mass is 16.6. The molecular weight excluding hydrogens is 416 g/mol. The molecule has 2 saturated heterocycles. The summed E-state index contributed by atoms with van der Waals surface area (Å²) in [6, 6.07) is 5.25. The maximum Gasteiger partial charge on any atom is 0.351 e. The van der Waals surface area contributed by atoms with Crippen LogP contribution >= 0.6 is 0 Å². The highest BCUT2D eigenvalue weighted by molar-refractivity contribution is 6.02. The van der Waals surface area contributed by atoms with Gasteiger partial charge in [-0.1, -0.05) is 0 Å². The molecule has 2 heterocycles. The van der Waals surface area contributed by atoms with Gasteiger partial charge in [0.1, 0.15) is 5.60 Å². The van der Waals surface area contributed by atoms with E-state index in [-0.39, 0.29) is 19.1 Å². The number of amides is 2. The van der Waals surface area contributed by atoms with E-state index in [1.807, 2.05) is 6.92 Å². The molecule has 1 aromatic carbocycles. The van der Waals surface area contributed by atoms with Gasteiger partial charge in [0.25, 0.3) is 11.8 Å². The molecule has 2 amide bonds. The van der Waals surface area contributed by atoms with E-state index in [2.05, 4.69) is 0 Å². The standard InChI is InChI=1S/C23H30N2O7/c1-14-11-16(20(27)24-7-6-8-24)13-17(12-14)25-9-10-30-18(21(25)28)19(31-15(2)26)22(29)32-23(3,4)5/h11-13,18-19H,6-10H2,1-5H3/t18?,19-/m1/s1. The van der Waals surface area contributed by atoms with Crippen molar-refractivity contribution in [3.8, 4) is 0 Å². The fourth-order valence-corrected chi connectivity index (χ4v) is 3.60. The fraction of sp³-hybridized carbons (Fsp3) is 0.565. The lowest BCUT2D eigenvalue weighted by Crippen LogP contribution is -2.56. The molecule has 32 heavy (non-hydrogen) atoms. The molecular formula is C23H30N2O7. The Hall–Kier alpha value is -2.94. The number of hydrogen-bond donors (Lipinski definition) is 0. The highest BCUT2D eigenvalue weighted by Crippen LogP contribution is 2.26. The zero-order valence-corrected chi connectivity index (χ0v) is 19.2. The first-order chi connectivity index (χ1) is 15.0. The van der Waals surface area contributed by atoms with Gasteiger partial charge in [-0.05, 0) is 57.9 Å². The highest BCUT2D eigenvalue weighted by Gasteiger charge is 2.44. The smallest absolute Gasteiger partial charge is 0.351 e. The minimum Gasteiger partial charge on any atom is -0.457 e. The predicted octanol–water partition coefficient (Wildman–Crippen LogP) is 1.85. The van der Waals surface area contributed by atoms with Crippen molar-refractivity contribution in [3.63, 3.8) is 0 Å². The molecule has 0 aliphatic carbocycles. The van der Waals surface area contributed by atoms with Crippen LogP contribution in [0.15, 0.2) is 18.2 Å². The molecule has 1 aromatic rings. The number of hydrogen-bond acceptors (Lipinski definition) is 7. The number of rotatable bonds is 5. The number of nitrogens with zero attached hydrogens (tertiary/aromatic N) is 2. The Balaban J connectivity index is 1.87. The summed E-state index contributed by atoms with van der Waals surface area (Å²) in [6.07, 6.45) is -1.90. The molecule has 1 unspecified atom stereocenters. The number of aryl methyl sites for hydroxylation is 1. The first-order valence-corrected chi connectivity index (χ1v) is 10.7. The quantitative estimate of drug-likeness (QED) is 0.636. The van der Waals surface area contributed by atoms with E-state index in [9.17, 15) is 19.2 Å². The first kappa shape index (κ1) is 23.7. The second-order valence-electron chi connectivity index (χ2n) is 9.05. The Bertz CT molecular complexity index is 917. The summed E-state index contributed by atoms with van der Waals surface area (Å²) in [4.78, 5) is 53.5. The van der Waals surface area contributed by atoms with Crippen LogP contribution in [-0.2, 0) is 28.6 Å². The second kappa shape index (κ2) is 9.28. The van der Waals surface area contributed by atoms with Gasteiger partial charge in [-0.3, -0.25) is 14.4 Å². The fourth-order valence-electron chi connectivity index (χ4n) is 3.60. The number of esters is 2. The molecule has 2 atom stereocenters. The van der Waals surface area contributed by atoms with Gasteiger partial charge >= 0.3 is 11.9 Å². The van der Waals surface area contributed by atoms with Crippen molar-refractivity contribution in [1.82, 2.24) is 4.90 Å². The number of benzene rings is 1. The van der Waals surface area contributed by atoms with E-state index >= 15 is 0 Å². The summed E-state index contributed by atoms with van der Waals surface area (Å²) in [5, 5.41) is 0. The third kappa shape index (κ3) is 5.45. The lowest BCUT2D eigenvalue weighted by Gasteiger charge is -2.36. The Kier molecular flexibility index (Phi) is 6.88. The maximum atomic E-state index is 13.3. The molecule has 9 nitrogen and oxygen atoms in total. The number of ether oxygens (including phenoxy) is 3. The summed E-state index contributed by atoms with van der Waals surface area (Å²) >= 11 is 0. The van der Waals surface area contributed by atoms with Crippen LogP contribution in [0.25, 0.3) is 0 Å². The van der Waals surface area contributed by atoms with E-state index in [1.165, 1.54) is 4.90 Å². The van der Waals surface area contributed by atoms with Crippen LogP contribution in [0.1, 0.15) is 50.0 Å². The Labute approximate surface area is 187 Å². The molecule has 0 spiro atoms. The molecule has 174 valence electrons. The van der Waals surface area contributed by atoms with Crippen LogP contribution in [0, 0.1) is 6.92 Å². The predicted molar refractivity (Wildman–Crippen MR) is 115 cm³/mol. The van der Waals surface area contributed by atoms with Gasteiger partial charge in [0.05, 0.1) is 6.61 Å². The van der Waals surface area contributed by atoms with Crippen LogP contribution in [-0.4, -0.2) is 72.7 Å². The third-order valence-corrected chi connectivity index (χ3v) is 5.09. The molecule has 0 aromatic heterocycles. The van der Waals surface area contributed by atoms with Gasteiger partial charge in [-0.15, -0.1) is 0 Å². The van der Waals surface area contributed by atoms with Crippen LogP contribution in [0.3, 0.4) is 0 Å². The van der Waals surface area contributed by atoms with Gasteiger partial charge in [0.15, 0.2) is 6.10 Å². The Morgan fingerprint density at radius 3 is 2.38 bits per heavy atom. The zero-order valence-electron chi connectivity index (χ0n) is 19.2. The summed E-state index contributed by atoms with van der Waals surface area (Å²) in [5.41, 5.74) is 1.01. The molecule has 0 bridgehead atoms. The summed E-state index contributed by atoms with van der Waals surface area (Å²) in [6.45, 7) is 9.83. The molecule has 2 aliphatic heterocycles. The minimum absolute atomic E-state index is 0.0787. The molecule has 2 fully saturated rings. The number of morpholine rings is 1. The molecule has 0 saturated carbocycles. The maximum absolute atomic E-state index is 13.3. The van der Waals surface area contributed by atoms with Gasteiger partial charge in [-0.2, -0.15) is 0 Å². The van der Waals surface area contributed by atoms with E-state index in [4.69, 9.17) is 14.2 Å². The average Bonchev–Trinajstić information content (AvgIpc) is 2.63. The Morgan fingerprint density at radius 1 is 1.12 bits per heavy atom. The van der Waals surface area contributed by atoms with Crippen molar-refractivity contribution >= 4 is 29.4 Å². The first-order valence-electron chi connectivity index (χ1n) is 10.7. The van der Waals surface area contributed by atoms with Gasteiger partial charge in [0.2, 0.25) is 6.10 Å². The molecule has 9 heteroatoms.